The van der Waals surface area contributed by atoms with Crippen molar-refractivity contribution in [2.24, 2.45) is 0 Å². The van der Waals surface area contributed by atoms with Crippen molar-refractivity contribution >= 4 is 17.3 Å². The maximum absolute atomic E-state index is 6.05. The van der Waals surface area contributed by atoms with Gasteiger partial charge in [-0.1, -0.05) is 31.9 Å². The average molecular weight is 269 g/mol. The minimum atomic E-state index is 0.594. The van der Waals surface area contributed by atoms with Crippen LogP contribution in [0, 0.1) is 0 Å². The third-order valence-electron chi connectivity index (χ3n) is 3.38. The smallest absolute Gasteiger partial charge is 0.0429 e. The van der Waals surface area contributed by atoms with Crippen molar-refractivity contribution in [1.29, 1.82) is 0 Å². The molecule has 18 heavy (non-hydrogen) atoms. The maximum Gasteiger partial charge on any atom is 0.0429 e. The summed E-state index contributed by atoms with van der Waals surface area (Å²) in [6.07, 6.45) is 3.63. The van der Waals surface area contributed by atoms with Crippen LogP contribution < -0.4 is 5.73 Å². The normalized spacial score (nSPS) is 12.9. The minimum Gasteiger partial charge on any atom is -0.399 e. The fourth-order valence-corrected chi connectivity index (χ4v) is 2.34. The maximum atomic E-state index is 6.05. The number of halogens is 1. The van der Waals surface area contributed by atoms with Crippen LogP contribution in [0.1, 0.15) is 45.6 Å². The summed E-state index contributed by atoms with van der Waals surface area (Å²) in [5, 5.41) is 0.726. The first-order chi connectivity index (χ1) is 8.56. The fourth-order valence-electron chi connectivity index (χ4n) is 2.08. The zero-order chi connectivity index (χ0) is 13.5. The van der Waals surface area contributed by atoms with E-state index in [0.717, 1.165) is 23.8 Å². The van der Waals surface area contributed by atoms with Crippen LogP contribution in [-0.4, -0.2) is 17.5 Å². The number of hydrogen-bond acceptors (Lipinski definition) is 2. The molecule has 0 aliphatic heterocycles. The molecule has 0 amide bonds. The van der Waals surface area contributed by atoms with E-state index in [1.165, 1.54) is 24.8 Å². The Morgan fingerprint density at radius 1 is 1.28 bits per heavy atom. The van der Waals surface area contributed by atoms with Crippen LogP contribution in [-0.2, 0) is 6.54 Å². The third kappa shape index (κ3) is 4.87. The highest BCUT2D eigenvalue weighted by Gasteiger charge is 2.12. The van der Waals surface area contributed by atoms with Crippen molar-refractivity contribution in [2.75, 3.05) is 12.3 Å². The zero-order valence-corrected chi connectivity index (χ0v) is 12.5. The molecule has 0 saturated carbocycles. The predicted octanol–water partition coefficient (Wildman–Crippen LogP) is 4.32. The van der Waals surface area contributed by atoms with Crippen molar-refractivity contribution in [2.45, 2.75) is 52.6 Å². The summed E-state index contributed by atoms with van der Waals surface area (Å²) in [6.45, 7) is 8.81. The molecule has 3 heteroatoms. The molecular formula is C15H25ClN2. The molecule has 1 aromatic rings. The van der Waals surface area contributed by atoms with E-state index >= 15 is 0 Å². The van der Waals surface area contributed by atoms with Gasteiger partial charge < -0.3 is 5.73 Å². The van der Waals surface area contributed by atoms with Gasteiger partial charge in [-0.25, -0.2) is 0 Å². The number of anilines is 1. The van der Waals surface area contributed by atoms with Crippen LogP contribution >= 0.6 is 11.6 Å². The zero-order valence-electron chi connectivity index (χ0n) is 11.7. The van der Waals surface area contributed by atoms with Crippen molar-refractivity contribution in [3.05, 3.63) is 28.8 Å². The Kier molecular flexibility index (Phi) is 6.51. The van der Waals surface area contributed by atoms with E-state index in [9.17, 15) is 0 Å². The minimum absolute atomic E-state index is 0.594. The van der Waals surface area contributed by atoms with Crippen molar-refractivity contribution in [3.63, 3.8) is 0 Å². The number of nitrogens with two attached hydrogens (primary N) is 1. The van der Waals surface area contributed by atoms with Crippen molar-refractivity contribution in [1.82, 2.24) is 4.90 Å². The largest absolute Gasteiger partial charge is 0.399 e. The molecule has 0 aliphatic carbocycles. The Balaban J connectivity index is 2.74. The quantitative estimate of drug-likeness (QED) is 0.746. The van der Waals surface area contributed by atoms with E-state index in [-0.39, 0.29) is 0 Å². The first-order valence-corrected chi connectivity index (χ1v) is 7.23. The molecule has 0 spiro atoms. The highest BCUT2D eigenvalue weighted by atomic mass is 35.5. The van der Waals surface area contributed by atoms with Gasteiger partial charge in [0, 0.05) is 23.3 Å². The molecular weight excluding hydrogens is 244 g/mol. The summed E-state index contributed by atoms with van der Waals surface area (Å²) < 4.78 is 0. The molecule has 1 aromatic carbocycles. The lowest BCUT2D eigenvalue weighted by molar-refractivity contribution is 0.192. The Morgan fingerprint density at radius 3 is 2.56 bits per heavy atom. The van der Waals surface area contributed by atoms with Crippen LogP contribution in [0.3, 0.4) is 0 Å². The van der Waals surface area contributed by atoms with E-state index < -0.39 is 0 Å². The van der Waals surface area contributed by atoms with E-state index in [4.69, 9.17) is 17.3 Å². The predicted molar refractivity (Wildman–Crippen MR) is 80.9 cm³/mol. The highest BCUT2D eigenvalue weighted by molar-refractivity contribution is 6.30. The van der Waals surface area contributed by atoms with Gasteiger partial charge in [-0.2, -0.15) is 0 Å². The summed E-state index contributed by atoms with van der Waals surface area (Å²) in [6, 6.07) is 6.42. The molecule has 1 rings (SSSR count). The first-order valence-electron chi connectivity index (χ1n) is 6.85. The summed E-state index contributed by atoms with van der Waals surface area (Å²) in [4.78, 5) is 2.51. The average Bonchev–Trinajstić information content (AvgIpc) is 2.32. The SMILES string of the molecule is CCCCN(Cc1cc(N)cc(Cl)c1)C(C)CC. The van der Waals surface area contributed by atoms with Gasteiger partial charge in [0.1, 0.15) is 0 Å². The summed E-state index contributed by atoms with van der Waals surface area (Å²) in [5.41, 5.74) is 7.79. The van der Waals surface area contributed by atoms with Crippen molar-refractivity contribution in [3.8, 4) is 0 Å². The Bertz CT molecular complexity index is 345. The molecule has 0 fully saturated rings. The van der Waals surface area contributed by atoms with Crippen LogP contribution in [0.15, 0.2) is 18.2 Å². The van der Waals surface area contributed by atoms with Gasteiger partial charge in [0.15, 0.2) is 0 Å². The fraction of sp³-hybridized carbons (Fsp3) is 0.600. The molecule has 2 nitrogen and oxygen atoms in total. The van der Waals surface area contributed by atoms with Crippen LogP contribution in [0.4, 0.5) is 5.69 Å². The number of rotatable bonds is 7. The van der Waals surface area contributed by atoms with Gasteiger partial charge in [-0.3, -0.25) is 4.90 Å². The van der Waals surface area contributed by atoms with E-state index in [1.807, 2.05) is 12.1 Å². The Hall–Kier alpha value is -0.730. The second-order valence-corrected chi connectivity index (χ2v) is 5.41. The lowest BCUT2D eigenvalue weighted by Crippen LogP contribution is -2.33. The number of nitrogen functional groups attached to an aromatic ring is 1. The molecule has 102 valence electrons. The molecule has 2 N–H and O–H groups in total. The van der Waals surface area contributed by atoms with Gasteiger partial charge in [-0.05, 0) is 50.1 Å². The molecule has 0 heterocycles. The van der Waals surface area contributed by atoms with Gasteiger partial charge in [0.2, 0.25) is 0 Å². The number of benzene rings is 1. The number of hydrogen-bond donors (Lipinski definition) is 1. The Morgan fingerprint density at radius 2 is 2.00 bits per heavy atom. The second-order valence-electron chi connectivity index (χ2n) is 4.97. The number of unbranched alkanes of at least 4 members (excludes halogenated alkanes) is 1. The van der Waals surface area contributed by atoms with E-state index in [1.54, 1.807) is 6.07 Å². The van der Waals surface area contributed by atoms with Gasteiger partial charge in [-0.15, -0.1) is 0 Å². The lowest BCUT2D eigenvalue weighted by atomic mass is 10.1. The summed E-state index contributed by atoms with van der Waals surface area (Å²) in [5.74, 6) is 0. The van der Waals surface area contributed by atoms with Crippen LogP contribution in [0.2, 0.25) is 5.02 Å². The standard InChI is InChI=1S/C15H25ClN2/c1-4-6-7-18(12(3)5-2)11-13-8-14(16)10-15(17)9-13/h8-10,12H,4-7,11,17H2,1-3H3. The molecule has 0 saturated heterocycles. The van der Waals surface area contributed by atoms with Crippen LogP contribution in [0.25, 0.3) is 0 Å². The molecule has 0 bridgehead atoms. The summed E-state index contributed by atoms with van der Waals surface area (Å²) in [7, 11) is 0. The molecule has 1 unspecified atom stereocenters. The van der Waals surface area contributed by atoms with E-state index in [2.05, 4.69) is 25.7 Å². The van der Waals surface area contributed by atoms with Gasteiger partial charge >= 0.3 is 0 Å². The number of nitrogens with zero attached hydrogens (tertiary/aromatic N) is 1. The molecule has 1 atom stereocenters. The molecule has 0 aliphatic rings. The first kappa shape index (κ1) is 15.3. The highest BCUT2D eigenvalue weighted by Crippen LogP contribution is 2.19. The molecule has 0 aromatic heterocycles. The van der Waals surface area contributed by atoms with E-state index in [0.29, 0.717) is 6.04 Å². The second kappa shape index (κ2) is 7.65. The Labute approximate surface area is 116 Å². The molecule has 0 radical (unpaired) electrons. The van der Waals surface area contributed by atoms with Crippen LogP contribution in [0.5, 0.6) is 0 Å². The van der Waals surface area contributed by atoms with Crippen molar-refractivity contribution < 1.29 is 0 Å². The lowest BCUT2D eigenvalue weighted by Gasteiger charge is -2.28. The monoisotopic (exact) mass is 268 g/mol. The third-order valence-corrected chi connectivity index (χ3v) is 3.60. The topological polar surface area (TPSA) is 29.3 Å². The van der Waals surface area contributed by atoms with Gasteiger partial charge in [0.25, 0.3) is 0 Å². The summed E-state index contributed by atoms with van der Waals surface area (Å²) >= 11 is 6.05. The van der Waals surface area contributed by atoms with Gasteiger partial charge in [0.05, 0.1) is 0 Å².